The summed E-state index contributed by atoms with van der Waals surface area (Å²) in [5.41, 5.74) is 2.66. The number of hydrogen-bond donors (Lipinski definition) is 2. The summed E-state index contributed by atoms with van der Waals surface area (Å²) in [6.07, 6.45) is 0.442. The molecule has 0 amide bonds. The Morgan fingerprint density at radius 1 is 1.19 bits per heavy atom. The van der Waals surface area contributed by atoms with Gasteiger partial charge in [0, 0.05) is 12.0 Å². The molecule has 1 aromatic heterocycles. The smallest absolute Gasteiger partial charge is 0.211 e. The molecule has 4 rings (SSSR count). The summed E-state index contributed by atoms with van der Waals surface area (Å²) < 4.78 is 11.1. The van der Waals surface area contributed by atoms with Gasteiger partial charge in [-0.3, -0.25) is 0 Å². The minimum Gasteiger partial charge on any atom is -0.508 e. The highest BCUT2D eigenvalue weighted by Crippen LogP contribution is 2.34. The number of rotatable bonds is 6. The van der Waals surface area contributed by atoms with Crippen LogP contribution in [0.2, 0.25) is 0 Å². The molecule has 0 bridgehead atoms. The number of aromatic nitrogens is 4. The van der Waals surface area contributed by atoms with Crippen molar-refractivity contribution in [1.29, 1.82) is 0 Å². The molecule has 0 radical (unpaired) electrons. The van der Waals surface area contributed by atoms with Crippen LogP contribution in [0.5, 0.6) is 17.2 Å². The van der Waals surface area contributed by atoms with Crippen molar-refractivity contribution in [1.82, 2.24) is 20.6 Å². The molecule has 1 unspecified atom stereocenters. The fourth-order valence-electron chi connectivity index (χ4n) is 2.77. The third-order valence-corrected chi connectivity index (χ3v) is 4.18. The van der Waals surface area contributed by atoms with Gasteiger partial charge in [0.05, 0.1) is 12.8 Å². The molecular formula is C18H17N5O4. The van der Waals surface area contributed by atoms with Gasteiger partial charge in [0.15, 0.2) is 24.2 Å². The predicted molar refractivity (Wildman–Crippen MR) is 94.6 cm³/mol. The van der Waals surface area contributed by atoms with E-state index < -0.39 is 0 Å². The van der Waals surface area contributed by atoms with Gasteiger partial charge in [-0.15, -0.1) is 10.2 Å². The van der Waals surface area contributed by atoms with Crippen molar-refractivity contribution < 1.29 is 19.4 Å². The minimum absolute atomic E-state index is 0.180. The van der Waals surface area contributed by atoms with Crippen molar-refractivity contribution in [2.75, 3.05) is 7.11 Å². The van der Waals surface area contributed by atoms with Crippen LogP contribution in [0.4, 0.5) is 0 Å². The number of aromatic hydroxyl groups is 1. The summed E-state index contributed by atoms with van der Waals surface area (Å²) in [6.45, 7) is 0.180. The molecule has 138 valence electrons. The van der Waals surface area contributed by atoms with E-state index in [-0.39, 0.29) is 18.5 Å². The van der Waals surface area contributed by atoms with Gasteiger partial charge < -0.3 is 19.4 Å². The van der Waals surface area contributed by atoms with E-state index in [0.717, 1.165) is 16.8 Å². The van der Waals surface area contributed by atoms with Crippen LogP contribution in [0.1, 0.15) is 29.5 Å². The summed E-state index contributed by atoms with van der Waals surface area (Å²) in [5.74, 6) is 1.82. The lowest BCUT2D eigenvalue weighted by Crippen LogP contribution is -2.04. The van der Waals surface area contributed by atoms with Crippen LogP contribution in [-0.4, -0.2) is 38.6 Å². The summed E-state index contributed by atoms with van der Waals surface area (Å²) >= 11 is 0. The van der Waals surface area contributed by atoms with Crippen LogP contribution in [-0.2, 0) is 11.4 Å². The maximum atomic E-state index is 9.41. The Balaban J connectivity index is 1.46. The third kappa shape index (κ3) is 3.66. The van der Waals surface area contributed by atoms with Gasteiger partial charge in [0.2, 0.25) is 5.82 Å². The average Bonchev–Trinajstić information content (AvgIpc) is 3.39. The van der Waals surface area contributed by atoms with Crippen LogP contribution >= 0.6 is 0 Å². The molecule has 0 aliphatic carbocycles. The average molecular weight is 367 g/mol. The molecule has 9 heteroatoms. The first kappa shape index (κ1) is 16.8. The first-order chi connectivity index (χ1) is 13.2. The molecule has 0 fully saturated rings. The van der Waals surface area contributed by atoms with Gasteiger partial charge in [-0.25, -0.2) is 0 Å². The molecule has 2 N–H and O–H groups in total. The van der Waals surface area contributed by atoms with E-state index >= 15 is 0 Å². The van der Waals surface area contributed by atoms with Crippen molar-refractivity contribution in [3.05, 3.63) is 59.4 Å². The third-order valence-electron chi connectivity index (χ3n) is 4.18. The largest absolute Gasteiger partial charge is 0.508 e. The van der Waals surface area contributed by atoms with E-state index in [0.29, 0.717) is 23.7 Å². The molecule has 2 aromatic carbocycles. The fourth-order valence-corrected chi connectivity index (χ4v) is 2.77. The highest BCUT2D eigenvalue weighted by molar-refractivity contribution is 6.01. The number of ether oxygens (including phenoxy) is 2. The van der Waals surface area contributed by atoms with E-state index in [9.17, 15) is 5.11 Å². The maximum Gasteiger partial charge on any atom is 0.211 e. The van der Waals surface area contributed by atoms with E-state index in [1.165, 1.54) is 0 Å². The van der Waals surface area contributed by atoms with Crippen molar-refractivity contribution in [3.63, 3.8) is 0 Å². The first-order valence-corrected chi connectivity index (χ1v) is 8.28. The van der Waals surface area contributed by atoms with Gasteiger partial charge in [-0.1, -0.05) is 22.5 Å². The highest BCUT2D eigenvalue weighted by atomic mass is 16.6. The molecule has 0 saturated carbocycles. The number of aromatic amines is 1. The van der Waals surface area contributed by atoms with Crippen LogP contribution in [0, 0.1) is 0 Å². The Hall–Kier alpha value is -3.62. The quantitative estimate of drug-likeness (QED) is 0.687. The summed E-state index contributed by atoms with van der Waals surface area (Å²) in [5, 5.41) is 27.2. The van der Waals surface area contributed by atoms with Crippen LogP contribution in [0.15, 0.2) is 47.6 Å². The first-order valence-electron chi connectivity index (χ1n) is 8.28. The summed E-state index contributed by atoms with van der Waals surface area (Å²) in [7, 11) is 1.58. The number of tetrazole rings is 1. The molecule has 3 aromatic rings. The van der Waals surface area contributed by atoms with E-state index in [2.05, 4.69) is 25.8 Å². The number of phenolic OH excluding ortho intramolecular Hbond substituents is 1. The van der Waals surface area contributed by atoms with Gasteiger partial charge in [0.1, 0.15) is 5.75 Å². The summed E-state index contributed by atoms with van der Waals surface area (Å²) in [6, 6.07) is 12.5. The Kier molecular flexibility index (Phi) is 4.56. The van der Waals surface area contributed by atoms with Crippen molar-refractivity contribution >= 4 is 5.71 Å². The maximum absolute atomic E-state index is 9.41. The number of nitrogens with one attached hydrogen (secondary N) is 1. The lowest BCUT2D eigenvalue weighted by Gasteiger charge is -2.11. The molecule has 0 saturated heterocycles. The van der Waals surface area contributed by atoms with Crippen LogP contribution in [0.3, 0.4) is 0 Å². The second kappa shape index (κ2) is 7.32. The Labute approximate surface area is 154 Å². The SMILES string of the molecule is COc1cc(C2=NOC(c3ccc(O)cc3)C2)ccc1OCc1nn[nH]n1. The van der Waals surface area contributed by atoms with E-state index in [1.54, 1.807) is 19.2 Å². The number of nitrogens with zero attached hydrogens (tertiary/aromatic N) is 4. The number of phenols is 1. The monoisotopic (exact) mass is 367 g/mol. The Morgan fingerprint density at radius 2 is 2.04 bits per heavy atom. The van der Waals surface area contributed by atoms with Crippen molar-refractivity contribution in [2.24, 2.45) is 5.16 Å². The highest BCUT2D eigenvalue weighted by Gasteiger charge is 2.24. The molecule has 0 spiro atoms. The second-order valence-corrected chi connectivity index (χ2v) is 5.91. The van der Waals surface area contributed by atoms with Gasteiger partial charge in [-0.05, 0) is 35.9 Å². The molecular weight excluding hydrogens is 350 g/mol. The number of hydrogen-bond acceptors (Lipinski definition) is 8. The van der Waals surface area contributed by atoms with Gasteiger partial charge in [0.25, 0.3) is 0 Å². The normalized spacial score (nSPS) is 15.9. The van der Waals surface area contributed by atoms with Gasteiger partial charge >= 0.3 is 0 Å². The van der Waals surface area contributed by atoms with Crippen LogP contribution < -0.4 is 9.47 Å². The molecule has 1 atom stereocenters. The fraction of sp³-hybridized carbons (Fsp3) is 0.222. The number of H-pyrrole nitrogens is 1. The van der Waals surface area contributed by atoms with E-state index in [1.807, 2.05) is 30.3 Å². The molecule has 9 nitrogen and oxygen atoms in total. The van der Waals surface area contributed by atoms with Crippen LogP contribution in [0.25, 0.3) is 0 Å². The van der Waals surface area contributed by atoms with E-state index in [4.69, 9.17) is 14.3 Å². The lowest BCUT2D eigenvalue weighted by atomic mass is 10.00. The second-order valence-electron chi connectivity index (χ2n) is 5.91. The number of methoxy groups -OCH3 is 1. The lowest BCUT2D eigenvalue weighted by molar-refractivity contribution is 0.0857. The zero-order chi connectivity index (χ0) is 18.6. The molecule has 2 heterocycles. The van der Waals surface area contributed by atoms with Gasteiger partial charge in [-0.2, -0.15) is 5.21 Å². The molecule has 1 aliphatic rings. The number of benzene rings is 2. The predicted octanol–water partition coefficient (Wildman–Crippen LogP) is 2.36. The standard InChI is InChI=1S/C18H17N5O4/c1-25-17-8-12(4-7-15(17)26-10-18-19-22-23-20-18)14-9-16(27-21-14)11-2-5-13(24)6-3-11/h2-8,16,24H,9-10H2,1H3,(H,19,20,22,23). The van der Waals surface area contributed by atoms with Crippen molar-refractivity contribution in [2.45, 2.75) is 19.1 Å². The van der Waals surface area contributed by atoms with Crippen molar-refractivity contribution in [3.8, 4) is 17.2 Å². The summed E-state index contributed by atoms with van der Waals surface area (Å²) in [4.78, 5) is 5.55. The Morgan fingerprint density at radius 3 is 2.78 bits per heavy atom. The minimum atomic E-state index is -0.180. The molecule has 27 heavy (non-hydrogen) atoms. The zero-order valence-electron chi connectivity index (χ0n) is 14.5. The molecule has 1 aliphatic heterocycles. The Bertz CT molecular complexity index is 941. The topological polar surface area (TPSA) is 115 Å². The number of oxime groups is 1. The zero-order valence-corrected chi connectivity index (χ0v) is 14.5.